The lowest BCUT2D eigenvalue weighted by Crippen LogP contribution is -1.99. The maximum Gasteiger partial charge on any atom is 0.113 e. The van der Waals surface area contributed by atoms with Crippen LogP contribution >= 0.6 is 50.5 Å². The predicted octanol–water partition coefficient (Wildman–Crippen LogP) is 5.98. The van der Waals surface area contributed by atoms with Gasteiger partial charge in [-0.2, -0.15) is 0 Å². The van der Waals surface area contributed by atoms with Gasteiger partial charge in [0.05, 0.1) is 32.5 Å². The summed E-state index contributed by atoms with van der Waals surface area (Å²) < 4.78 is 1.97. The highest BCUT2D eigenvalue weighted by atomic mass is 79.9. The number of nitrogens with zero attached hydrogens (tertiary/aromatic N) is 1. The molecule has 0 fully saturated rings. The molecule has 6 heteroatoms. The summed E-state index contributed by atoms with van der Waals surface area (Å²) in [4.78, 5) is 4.57. The van der Waals surface area contributed by atoms with Crippen molar-refractivity contribution in [2.24, 2.45) is 0 Å². The van der Waals surface area contributed by atoms with E-state index in [0.717, 1.165) is 20.7 Å². The third-order valence-electron chi connectivity index (χ3n) is 2.80. The van der Waals surface area contributed by atoms with E-state index in [2.05, 4.69) is 32.3 Å². The first-order valence-corrected chi connectivity index (χ1v) is 8.23. The number of hydrogen-bond donors (Lipinski definition) is 1. The molecule has 0 aliphatic rings. The zero-order valence-electron chi connectivity index (χ0n) is 10.2. The Labute approximate surface area is 138 Å². The molecular formula is C14H9BrCl2N2S. The van der Waals surface area contributed by atoms with Gasteiger partial charge in [0.25, 0.3) is 0 Å². The molecule has 20 heavy (non-hydrogen) atoms. The molecule has 2 aromatic carbocycles. The Hall–Kier alpha value is -0.810. The van der Waals surface area contributed by atoms with Crippen LogP contribution in [0.25, 0.3) is 10.2 Å². The van der Waals surface area contributed by atoms with E-state index < -0.39 is 0 Å². The van der Waals surface area contributed by atoms with E-state index in [9.17, 15) is 0 Å². The van der Waals surface area contributed by atoms with Crippen LogP contribution in [0.4, 0.5) is 5.69 Å². The molecule has 0 amide bonds. The number of nitrogens with one attached hydrogen (secondary N) is 1. The zero-order chi connectivity index (χ0) is 14.1. The van der Waals surface area contributed by atoms with Gasteiger partial charge in [0.1, 0.15) is 5.01 Å². The molecule has 1 heterocycles. The number of thiazole rings is 1. The fourth-order valence-electron chi connectivity index (χ4n) is 1.83. The molecular weight excluding hydrogens is 379 g/mol. The van der Waals surface area contributed by atoms with Gasteiger partial charge in [-0.15, -0.1) is 11.3 Å². The third-order valence-corrected chi connectivity index (χ3v) is 5.61. The molecule has 0 saturated heterocycles. The molecule has 3 rings (SSSR count). The second-order valence-corrected chi connectivity index (χ2v) is 6.88. The Morgan fingerprint density at radius 2 is 1.90 bits per heavy atom. The van der Waals surface area contributed by atoms with E-state index in [0.29, 0.717) is 16.6 Å². The van der Waals surface area contributed by atoms with Crippen molar-refractivity contribution in [2.75, 3.05) is 5.32 Å². The lowest BCUT2D eigenvalue weighted by Gasteiger charge is -2.08. The van der Waals surface area contributed by atoms with Crippen molar-refractivity contribution in [2.45, 2.75) is 6.54 Å². The van der Waals surface area contributed by atoms with Crippen LogP contribution in [0.15, 0.2) is 40.9 Å². The van der Waals surface area contributed by atoms with Crippen LogP contribution in [0.3, 0.4) is 0 Å². The molecule has 0 spiro atoms. The minimum absolute atomic E-state index is 0.515. The van der Waals surface area contributed by atoms with E-state index in [1.54, 1.807) is 11.3 Å². The quantitative estimate of drug-likeness (QED) is 0.559. The van der Waals surface area contributed by atoms with Crippen molar-refractivity contribution >= 4 is 66.4 Å². The zero-order valence-corrected chi connectivity index (χ0v) is 14.1. The van der Waals surface area contributed by atoms with Crippen molar-refractivity contribution in [3.05, 3.63) is 55.9 Å². The molecule has 0 aliphatic carbocycles. The van der Waals surface area contributed by atoms with Crippen LogP contribution in [-0.2, 0) is 6.54 Å². The molecule has 0 atom stereocenters. The van der Waals surface area contributed by atoms with E-state index >= 15 is 0 Å². The molecule has 102 valence electrons. The summed E-state index contributed by atoms with van der Waals surface area (Å²) in [6.07, 6.45) is 0. The van der Waals surface area contributed by atoms with Gasteiger partial charge in [-0.3, -0.25) is 0 Å². The van der Waals surface area contributed by atoms with E-state index in [4.69, 9.17) is 23.2 Å². The molecule has 2 nitrogen and oxygen atoms in total. The molecule has 3 aromatic rings. The van der Waals surface area contributed by atoms with Gasteiger partial charge in [0, 0.05) is 4.47 Å². The number of para-hydroxylation sites is 1. The maximum atomic E-state index is 6.20. The second kappa shape index (κ2) is 5.90. The summed E-state index contributed by atoms with van der Waals surface area (Å²) in [6.45, 7) is 0.622. The van der Waals surface area contributed by atoms with E-state index in [1.807, 2.05) is 30.3 Å². The summed E-state index contributed by atoms with van der Waals surface area (Å²) in [5.74, 6) is 0. The molecule has 0 radical (unpaired) electrons. The first-order chi connectivity index (χ1) is 9.65. The number of rotatable bonds is 3. The first kappa shape index (κ1) is 14.1. The highest BCUT2D eigenvalue weighted by Crippen LogP contribution is 2.36. The smallest absolute Gasteiger partial charge is 0.113 e. The summed E-state index contributed by atoms with van der Waals surface area (Å²) in [5, 5.41) is 5.31. The van der Waals surface area contributed by atoms with E-state index in [1.165, 1.54) is 4.70 Å². The maximum absolute atomic E-state index is 6.20. The van der Waals surface area contributed by atoms with Crippen molar-refractivity contribution in [3.63, 3.8) is 0 Å². The van der Waals surface area contributed by atoms with Crippen molar-refractivity contribution < 1.29 is 0 Å². The van der Waals surface area contributed by atoms with Crippen LogP contribution in [0, 0.1) is 0 Å². The normalized spacial score (nSPS) is 10.9. The Balaban J connectivity index is 1.81. The minimum atomic E-state index is 0.515. The van der Waals surface area contributed by atoms with Gasteiger partial charge in [-0.25, -0.2) is 4.98 Å². The van der Waals surface area contributed by atoms with Crippen LogP contribution < -0.4 is 5.32 Å². The standard InChI is InChI=1S/C14H9BrCl2N2S/c15-8-5-6-10(14(17)13(8)16)18-7-12-19-9-3-1-2-4-11(9)20-12/h1-6,18H,7H2. The van der Waals surface area contributed by atoms with Crippen LogP contribution in [0.2, 0.25) is 10.0 Å². The first-order valence-electron chi connectivity index (χ1n) is 5.87. The molecule has 0 bridgehead atoms. The summed E-state index contributed by atoms with van der Waals surface area (Å²) in [6, 6.07) is 11.9. The van der Waals surface area contributed by atoms with E-state index in [-0.39, 0.29) is 0 Å². The van der Waals surface area contributed by atoms with Crippen LogP contribution in [-0.4, -0.2) is 4.98 Å². The van der Waals surface area contributed by atoms with Crippen molar-refractivity contribution in [1.29, 1.82) is 0 Å². The lowest BCUT2D eigenvalue weighted by atomic mass is 10.3. The molecule has 0 unspecified atom stereocenters. The predicted molar refractivity (Wildman–Crippen MR) is 91.1 cm³/mol. The van der Waals surface area contributed by atoms with Gasteiger partial charge >= 0.3 is 0 Å². The summed E-state index contributed by atoms with van der Waals surface area (Å²) >= 11 is 17.3. The second-order valence-electron chi connectivity index (χ2n) is 4.15. The Morgan fingerprint density at radius 1 is 1.10 bits per heavy atom. The lowest BCUT2D eigenvalue weighted by molar-refractivity contribution is 1.12. The summed E-state index contributed by atoms with van der Waals surface area (Å²) in [5.41, 5.74) is 1.83. The number of benzene rings is 2. The average molecular weight is 388 g/mol. The number of fused-ring (bicyclic) bond motifs is 1. The number of anilines is 1. The Kier molecular flexibility index (Phi) is 4.17. The minimum Gasteiger partial charge on any atom is -0.377 e. The van der Waals surface area contributed by atoms with Crippen LogP contribution in [0.1, 0.15) is 5.01 Å². The monoisotopic (exact) mass is 386 g/mol. The summed E-state index contributed by atoms with van der Waals surface area (Å²) in [7, 11) is 0. The third kappa shape index (κ3) is 2.79. The Morgan fingerprint density at radius 3 is 2.70 bits per heavy atom. The van der Waals surface area contributed by atoms with Crippen LogP contribution in [0.5, 0.6) is 0 Å². The highest BCUT2D eigenvalue weighted by molar-refractivity contribution is 9.10. The Bertz CT molecular complexity index is 740. The molecule has 0 saturated carbocycles. The molecule has 0 aliphatic heterocycles. The highest BCUT2D eigenvalue weighted by Gasteiger charge is 2.09. The largest absolute Gasteiger partial charge is 0.377 e. The van der Waals surface area contributed by atoms with Gasteiger partial charge in [0.15, 0.2) is 0 Å². The molecule has 1 N–H and O–H groups in total. The van der Waals surface area contributed by atoms with Gasteiger partial charge in [0.2, 0.25) is 0 Å². The number of halogens is 3. The average Bonchev–Trinajstić information content (AvgIpc) is 2.87. The number of aromatic nitrogens is 1. The fourth-order valence-corrected chi connectivity index (χ4v) is 3.58. The van der Waals surface area contributed by atoms with Crippen molar-refractivity contribution in [1.82, 2.24) is 4.98 Å². The SMILES string of the molecule is Clc1c(Br)ccc(NCc2nc3ccccc3s2)c1Cl. The van der Waals surface area contributed by atoms with Gasteiger partial charge < -0.3 is 5.32 Å². The fraction of sp³-hybridized carbons (Fsp3) is 0.0714. The van der Waals surface area contributed by atoms with Gasteiger partial charge in [-0.1, -0.05) is 35.3 Å². The van der Waals surface area contributed by atoms with Gasteiger partial charge in [-0.05, 0) is 40.2 Å². The topological polar surface area (TPSA) is 24.9 Å². The number of hydrogen-bond acceptors (Lipinski definition) is 3. The van der Waals surface area contributed by atoms with Crippen molar-refractivity contribution in [3.8, 4) is 0 Å². The molecule has 1 aromatic heterocycles.